The Morgan fingerprint density at radius 2 is 1.61 bits per heavy atom. The van der Waals surface area contributed by atoms with Gasteiger partial charge < -0.3 is 9.47 Å². The molecule has 0 spiro atoms. The van der Waals surface area contributed by atoms with Crippen molar-refractivity contribution >= 4 is 23.9 Å². The van der Waals surface area contributed by atoms with Gasteiger partial charge in [-0.05, 0) is 54.6 Å². The molecule has 0 fully saturated rings. The number of benzene rings is 3. The van der Waals surface area contributed by atoms with Crippen LogP contribution >= 0.6 is 11.8 Å². The van der Waals surface area contributed by atoms with Crippen LogP contribution in [0.1, 0.15) is 11.1 Å². The number of carbonyl (C=O) groups is 1. The molecule has 0 saturated heterocycles. The number of rotatable bonds is 9. The van der Waals surface area contributed by atoms with Gasteiger partial charge in [0.25, 0.3) is 5.91 Å². The highest BCUT2D eigenvalue weighted by atomic mass is 32.2. The van der Waals surface area contributed by atoms with Gasteiger partial charge in [0.15, 0.2) is 11.0 Å². The minimum absolute atomic E-state index is 0.102. The number of ether oxygens (including phenoxy) is 2. The first kappa shape index (κ1) is 26.7. The van der Waals surface area contributed by atoms with Crippen LogP contribution in [-0.2, 0) is 11.0 Å². The van der Waals surface area contributed by atoms with Crippen molar-refractivity contribution < 1.29 is 27.4 Å². The Morgan fingerprint density at radius 3 is 2.24 bits per heavy atom. The molecule has 1 heterocycles. The van der Waals surface area contributed by atoms with Crippen LogP contribution in [0.2, 0.25) is 0 Å². The lowest BCUT2D eigenvalue weighted by Gasteiger charge is -2.11. The first-order valence-electron chi connectivity index (χ1n) is 11.2. The molecule has 12 heteroatoms. The molecule has 8 nitrogen and oxygen atoms in total. The summed E-state index contributed by atoms with van der Waals surface area (Å²) in [5, 5.41) is 12.7. The summed E-state index contributed by atoms with van der Waals surface area (Å²) in [6, 6.07) is 19.5. The first-order chi connectivity index (χ1) is 18.3. The van der Waals surface area contributed by atoms with Crippen molar-refractivity contribution in [2.45, 2.75) is 11.3 Å². The second kappa shape index (κ2) is 11.8. The van der Waals surface area contributed by atoms with E-state index in [4.69, 9.17) is 9.47 Å². The Balaban J connectivity index is 1.52. The molecule has 0 atom stereocenters. The maximum absolute atomic E-state index is 13.1. The lowest BCUT2D eigenvalue weighted by molar-refractivity contribution is -0.137. The van der Waals surface area contributed by atoms with Gasteiger partial charge in [-0.15, -0.1) is 10.2 Å². The number of aromatic nitrogens is 3. The topological polar surface area (TPSA) is 90.6 Å². The van der Waals surface area contributed by atoms with Gasteiger partial charge in [0, 0.05) is 16.8 Å². The zero-order chi connectivity index (χ0) is 27.1. The Bertz CT molecular complexity index is 1420. The molecule has 1 amide bonds. The Morgan fingerprint density at radius 1 is 0.974 bits per heavy atom. The summed E-state index contributed by atoms with van der Waals surface area (Å²) < 4.78 is 51.7. The van der Waals surface area contributed by atoms with Gasteiger partial charge in [0.05, 0.1) is 31.8 Å². The molecule has 4 aromatic rings. The van der Waals surface area contributed by atoms with Gasteiger partial charge >= 0.3 is 6.18 Å². The number of alkyl halides is 3. The minimum atomic E-state index is -4.53. The van der Waals surface area contributed by atoms with E-state index < -0.39 is 17.6 Å². The molecular weight excluding hydrogens is 519 g/mol. The third-order valence-electron chi connectivity index (χ3n) is 5.30. The van der Waals surface area contributed by atoms with Crippen molar-refractivity contribution in [2.24, 2.45) is 5.10 Å². The number of amides is 1. The van der Waals surface area contributed by atoms with Crippen LogP contribution in [0.4, 0.5) is 13.2 Å². The van der Waals surface area contributed by atoms with E-state index >= 15 is 0 Å². The highest BCUT2D eigenvalue weighted by Crippen LogP contribution is 2.31. The van der Waals surface area contributed by atoms with Crippen molar-refractivity contribution in [3.05, 3.63) is 83.9 Å². The number of methoxy groups -OCH3 is 2. The molecule has 0 radical (unpaired) electrons. The summed E-state index contributed by atoms with van der Waals surface area (Å²) in [6.07, 6.45) is -3.57. The van der Waals surface area contributed by atoms with E-state index in [9.17, 15) is 18.0 Å². The van der Waals surface area contributed by atoms with E-state index in [1.165, 1.54) is 18.2 Å². The average molecular weight is 542 g/mol. The molecule has 38 heavy (non-hydrogen) atoms. The highest BCUT2D eigenvalue weighted by molar-refractivity contribution is 7.99. The van der Waals surface area contributed by atoms with Crippen molar-refractivity contribution in [3.8, 4) is 28.6 Å². The molecule has 0 aliphatic carbocycles. The molecule has 0 unspecified atom stereocenters. The average Bonchev–Trinajstić information content (AvgIpc) is 3.35. The monoisotopic (exact) mass is 541 g/mol. The molecule has 0 aliphatic heterocycles. The maximum atomic E-state index is 13.1. The summed E-state index contributed by atoms with van der Waals surface area (Å²) in [4.78, 5) is 12.4. The van der Waals surface area contributed by atoms with Gasteiger partial charge in [-0.1, -0.05) is 30.0 Å². The second-order valence-corrected chi connectivity index (χ2v) is 8.68. The third kappa shape index (κ3) is 6.32. The third-order valence-corrected chi connectivity index (χ3v) is 6.23. The summed E-state index contributed by atoms with van der Waals surface area (Å²) in [5.41, 5.74) is 2.78. The number of nitrogens with zero attached hydrogens (tertiary/aromatic N) is 4. The zero-order valence-electron chi connectivity index (χ0n) is 20.3. The number of hydrogen-bond donors (Lipinski definition) is 1. The number of halogens is 3. The van der Waals surface area contributed by atoms with Gasteiger partial charge in [-0.3, -0.25) is 9.36 Å². The standard InChI is InChI=1S/C26H22F3N5O3S/c1-36-20-11-7-17(8-12-20)24-32-33-25(34(24)19-9-13-21(37-2)14-10-19)38-16-23(35)31-30-15-18-5-3-4-6-22(18)26(27,28)29/h3-15H,16H2,1-2H3,(H,31,35). The van der Waals surface area contributed by atoms with E-state index in [0.717, 1.165) is 35.3 Å². The van der Waals surface area contributed by atoms with Gasteiger partial charge in [-0.2, -0.15) is 18.3 Å². The van der Waals surface area contributed by atoms with Crippen molar-refractivity contribution in [3.63, 3.8) is 0 Å². The van der Waals surface area contributed by atoms with E-state index in [1.54, 1.807) is 43.1 Å². The summed E-state index contributed by atoms with van der Waals surface area (Å²) in [7, 11) is 3.15. The minimum Gasteiger partial charge on any atom is -0.497 e. The molecule has 196 valence electrons. The fourth-order valence-electron chi connectivity index (χ4n) is 3.46. The fraction of sp³-hybridized carbons (Fsp3) is 0.154. The smallest absolute Gasteiger partial charge is 0.417 e. The Labute approximate surface area is 220 Å². The van der Waals surface area contributed by atoms with Crippen molar-refractivity contribution in [1.29, 1.82) is 0 Å². The first-order valence-corrected chi connectivity index (χ1v) is 12.1. The molecule has 1 N–H and O–H groups in total. The van der Waals surface area contributed by atoms with Crippen LogP contribution in [-0.4, -0.2) is 46.9 Å². The maximum Gasteiger partial charge on any atom is 0.417 e. The largest absolute Gasteiger partial charge is 0.497 e. The van der Waals surface area contributed by atoms with Crippen LogP contribution in [0.25, 0.3) is 17.1 Å². The molecule has 3 aromatic carbocycles. The van der Waals surface area contributed by atoms with Crippen LogP contribution < -0.4 is 14.9 Å². The molecule has 4 rings (SSSR count). The number of nitrogens with one attached hydrogen (secondary N) is 1. The van der Waals surface area contributed by atoms with E-state index in [2.05, 4.69) is 20.7 Å². The van der Waals surface area contributed by atoms with Crippen LogP contribution in [0, 0.1) is 0 Å². The predicted octanol–water partition coefficient (Wildman–Crippen LogP) is 5.21. The van der Waals surface area contributed by atoms with E-state index in [1.807, 2.05) is 24.3 Å². The molecule has 1 aromatic heterocycles. The van der Waals surface area contributed by atoms with Crippen molar-refractivity contribution in [1.82, 2.24) is 20.2 Å². The van der Waals surface area contributed by atoms with Crippen LogP contribution in [0.3, 0.4) is 0 Å². The molecule has 0 bridgehead atoms. The zero-order valence-corrected chi connectivity index (χ0v) is 21.1. The van der Waals surface area contributed by atoms with E-state index in [0.29, 0.717) is 22.5 Å². The summed E-state index contributed by atoms with van der Waals surface area (Å²) >= 11 is 1.10. The van der Waals surface area contributed by atoms with Crippen LogP contribution in [0.5, 0.6) is 11.5 Å². The number of hydrazone groups is 1. The quantitative estimate of drug-likeness (QED) is 0.178. The van der Waals surface area contributed by atoms with E-state index in [-0.39, 0.29) is 11.3 Å². The number of thioether (sulfide) groups is 1. The Kier molecular flexibility index (Phi) is 8.31. The number of hydrogen-bond acceptors (Lipinski definition) is 7. The van der Waals surface area contributed by atoms with Gasteiger partial charge in [-0.25, -0.2) is 5.43 Å². The lowest BCUT2D eigenvalue weighted by Crippen LogP contribution is -2.20. The summed E-state index contributed by atoms with van der Waals surface area (Å²) in [5.74, 6) is 1.28. The van der Waals surface area contributed by atoms with Crippen LogP contribution in [0.15, 0.2) is 83.1 Å². The van der Waals surface area contributed by atoms with Gasteiger partial charge in [0.2, 0.25) is 0 Å². The molecule has 0 aliphatic rings. The lowest BCUT2D eigenvalue weighted by atomic mass is 10.1. The fourth-order valence-corrected chi connectivity index (χ4v) is 4.20. The Hall–Kier alpha value is -4.32. The molecular formula is C26H22F3N5O3S. The predicted molar refractivity (Wildman–Crippen MR) is 138 cm³/mol. The molecule has 0 saturated carbocycles. The normalized spacial score (nSPS) is 11.5. The van der Waals surface area contributed by atoms with Crippen molar-refractivity contribution in [2.75, 3.05) is 20.0 Å². The second-order valence-electron chi connectivity index (χ2n) is 7.73. The summed E-state index contributed by atoms with van der Waals surface area (Å²) in [6.45, 7) is 0. The SMILES string of the molecule is COc1ccc(-c2nnc(SCC(=O)NN=Cc3ccccc3C(F)(F)F)n2-c2ccc(OC)cc2)cc1. The van der Waals surface area contributed by atoms with Gasteiger partial charge in [0.1, 0.15) is 11.5 Å². The number of carbonyl (C=O) groups excluding carboxylic acids is 1. The highest BCUT2D eigenvalue weighted by Gasteiger charge is 2.32.